The van der Waals surface area contributed by atoms with Crippen LogP contribution < -0.4 is 5.32 Å². The minimum Gasteiger partial charge on any atom is -0.394 e. The molecule has 0 aromatic carbocycles. The smallest absolute Gasteiger partial charge is 0.150 e. The predicted molar refractivity (Wildman–Crippen MR) is 71.2 cm³/mol. The van der Waals surface area contributed by atoms with Crippen LogP contribution in [0.5, 0.6) is 0 Å². The van der Waals surface area contributed by atoms with Crippen LogP contribution in [0.3, 0.4) is 0 Å². The summed E-state index contributed by atoms with van der Waals surface area (Å²) in [5.74, 6) is 0. The van der Waals surface area contributed by atoms with Crippen LogP contribution in [0.25, 0.3) is 0 Å². The molecule has 108 valence electrons. The van der Waals surface area contributed by atoms with Gasteiger partial charge in [-0.05, 0) is 25.7 Å². The molecule has 0 amide bonds. The summed E-state index contributed by atoms with van der Waals surface area (Å²) < 4.78 is 23.2. The molecule has 0 spiro atoms. The van der Waals surface area contributed by atoms with Crippen LogP contribution in [0.1, 0.15) is 39.0 Å². The van der Waals surface area contributed by atoms with Gasteiger partial charge in [-0.15, -0.1) is 0 Å². The van der Waals surface area contributed by atoms with Gasteiger partial charge in [0.2, 0.25) is 0 Å². The molecule has 0 bridgehead atoms. The van der Waals surface area contributed by atoms with E-state index in [1.807, 2.05) is 6.92 Å². The second-order valence-electron chi connectivity index (χ2n) is 5.41. The maximum atomic E-state index is 11.6. The highest BCUT2D eigenvalue weighted by Gasteiger charge is 2.34. The van der Waals surface area contributed by atoms with E-state index in [2.05, 4.69) is 5.32 Å². The fraction of sp³-hybridized carbons (Fsp3) is 1.00. The summed E-state index contributed by atoms with van der Waals surface area (Å²) in [4.78, 5) is 0. The number of nitrogens with one attached hydrogen (secondary N) is 1. The zero-order chi connectivity index (χ0) is 13.8. The third kappa shape index (κ3) is 3.91. The average Bonchev–Trinajstić information content (AvgIpc) is 2.35. The van der Waals surface area contributed by atoms with Gasteiger partial charge in [0, 0.05) is 12.3 Å². The molecule has 2 atom stereocenters. The SMILES string of the molecule is CCC(CO)(CO)NC1CCCC(S(C)(=O)=O)C1. The van der Waals surface area contributed by atoms with Crippen LogP contribution in [0.15, 0.2) is 0 Å². The quantitative estimate of drug-likeness (QED) is 0.640. The highest BCUT2D eigenvalue weighted by atomic mass is 32.2. The van der Waals surface area contributed by atoms with Crippen molar-refractivity contribution in [3.8, 4) is 0 Å². The monoisotopic (exact) mass is 279 g/mol. The lowest BCUT2D eigenvalue weighted by molar-refractivity contribution is 0.0726. The molecule has 18 heavy (non-hydrogen) atoms. The molecule has 0 radical (unpaired) electrons. The van der Waals surface area contributed by atoms with Crippen LogP contribution >= 0.6 is 0 Å². The Labute approximate surface area is 110 Å². The van der Waals surface area contributed by atoms with Gasteiger partial charge in [-0.3, -0.25) is 0 Å². The van der Waals surface area contributed by atoms with Crippen LogP contribution in [0.4, 0.5) is 0 Å². The molecule has 0 heterocycles. The van der Waals surface area contributed by atoms with Gasteiger partial charge in [0.15, 0.2) is 0 Å². The van der Waals surface area contributed by atoms with Crippen molar-refractivity contribution in [1.82, 2.24) is 5.32 Å². The number of sulfone groups is 1. The molecule has 5 nitrogen and oxygen atoms in total. The number of aliphatic hydroxyl groups is 2. The Bertz CT molecular complexity index is 343. The van der Waals surface area contributed by atoms with E-state index in [1.54, 1.807) is 0 Å². The van der Waals surface area contributed by atoms with Crippen molar-refractivity contribution in [3.05, 3.63) is 0 Å². The molecular weight excluding hydrogens is 254 g/mol. The summed E-state index contributed by atoms with van der Waals surface area (Å²) in [6.07, 6.45) is 4.94. The summed E-state index contributed by atoms with van der Waals surface area (Å²) in [6.45, 7) is 1.62. The van der Waals surface area contributed by atoms with Crippen molar-refractivity contribution < 1.29 is 18.6 Å². The lowest BCUT2D eigenvalue weighted by Crippen LogP contribution is -2.56. The van der Waals surface area contributed by atoms with E-state index in [0.717, 1.165) is 12.8 Å². The second-order valence-corrected chi connectivity index (χ2v) is 7.74. The number of hydrogen-bond acceptors (Lipinski definition) is 5. The van der Waals surface area contributed by atoms with Crippen LogP contribution in [0, 0.1) is 0 Å². The van der Waals surface area contributed by atoms with Gasteiger partial charge in [-0.25, -0.2) is 8.42 Å². The zero-order valence-electron chi connectivity index (χ0n) is 11.2. The predicted octanol–water partition coefficient (Wildman–Crippen LogP) is 0.0652. The first-order valence-electron chi connectivity index (χ1n) is 6.55. The van der Waals surface area contributed by atoms with Gasteiger partial charge >= 0.3 is 0 Å². The Morgan fingerprint density at radius 3 is 2.33 bits per heavy atom. The van der Waals surface area contributed by atoms with Gasteiger partial charge in [0.1, 0.15) is 9.84 Å². The van der Waals surface area contributed by atoms with Gasteiger partial charge < -0.3 is 15.5 Å². The van der Waals surface area contributed by atoms with Crippen LogP contribution in [0.2, 0.25) is 0 Å². The Morgan fingerprint density at radius 2 is 1.89 bits per heavy atom. The lowest BCUT2D eigenvalue weighted by Gasteiger charge is -2.38. The molecule has 0 saturated heterocycles. The van der Waals surface area contributed by atoms with E-state index in [1.165, 1.54) is 6.26 Å². The van der Waals surface area contributed by atoms with Crippen molar-refractivity contribution in [2.75, 3.05) is 19.5 Å². The molecule has 3 N–H and O–H groups in total. The van der Waals surface area contributed by atoms with Crippen molar-refractivity contribution in [1.29, 1.82) is 0 Å². The molecule has 1 aliphatic carbocycles. The van der Waals surface area contributed by atoms with Gasteiger partial charge in [0.25, 0.3) is 0 Å². The Kier molecular flexibility index (Phi) is 5.58. The third-order valence-electron chi connectivity index (χ3n) is 4.02. The maximum Gasteiger partial charge on any atom is 0.150 e. The highest BCUT2D eigenvalue weighted by molar-refractivity contribution is 7.91. The van der Waals surface area contributed by atoms with E-state index in [-0.39, 0.29) is 24.5 Å². The van der Waals surface area contributed by atoms with Gasteiger partial charge in [-0.2, -0.15) is 0 Å². The van der Waals surface area contributed by atoms with Crippen molar-refractivity contribution in [2.45, 2.75) is 55.9 Å². The lowest BCUT2D eigenvalue weighted by atomic mass is 9.90. The number of aliphatic hydroxyl groups excluding tert-OH is 2. The zero-order valence-corrected chi connectivity index (χ0v) is 12.0. The fourth-order valence-corrected chi connectivity index (χ4v) is 3.74. The third-order valence-corrected chi connectivity index (χ3v) is 5.66. The molecular formula is C12H25NO4S. The largest absolute Gasteiger partial charge is 0.394 e. The maximum absolute atomic E-state index is 11.6. The molecule has 1 rings (SSSR count). The van der Waals surface area contributed by atoms with E-state index >= 15 is 0 Å². The minimum absolute atomic E-state index is 0.0534. The van der Waals surface area contributed by atoms with E-state index in [4.69, 9.17) is 0 Å². The number of hydrogen-bond donors (Lipinski definition) is 3. The average molecular weight is 279 g/mol. The van der Waals surface area contributed by atoms with E-state index in [0.29, 0.717) is 19.3 Å². The standard InChI is InChI=1S/C12H25NO4S/c1-3-12(8-14,9-15)13-10-5-4-6-11(7-10)18(2,16)17/h10-11,13-15H,3-9H2,1-2H3. The van der Waals surface area contributed by atoms with Crippen LogP contribution in [-0.2, 0) is 9.84 Å². The molecule has 0 aromatic rings. The first kappa shape index (κ1) is 15.9. The fourth-order valence-electron chi connectivity index (χ4n) is 2.56. The first-order valence-corrected chi connectivity index (χ1v) is 8.50. The summed E-state index contributed by atoms with van der Waals surface area (Å²) in [5, 5.41) is 21.7. The Morgan fingerprint density at radius 1 is 1.28 bits per heavy atom. The molecule has 1 aliphatic rings. The highest BCUT2D eigenvalue weighted by Crippen LogP contribution is 2.25. The summed E-state index contributed by atoms with van der Waals surface area (Å²) in [5.41, 5.74) is -0.690. The van der Waals surface area contributed by atoms with Crippen LogP contribution in [-0.4, -0.2) is 54.9 Å². The Hall–Kier alpha value is -0.170. The molecule has 1 saturated carbocycles. The van der Waals surface area contributed by atoms with Crippen molar-refractivity contribution in [2.24, 2.45) is 0 Å². The first-order chi connectivity index (χ1) is 8.37. The molecule has 0 aliphatic heterocycles. The second kappa shape index (κ2) is 6.32. The van der Waals surface area contributed by atoms with E-state index < -0.39 is 15.4 Å². The van der Waals surface area contributed by atoms with Crippen molar-refractivity contribution >= 4 is 9.84 Å². The van der Waals surface area contributed by atoms with E-state index in [9.17, 15) is 18.6 Å². The normalized spacial score (nSPS) is 26.2. The molecule has 1 fully saturated rings. The summed E-state index contributed by atoms with van der Waals surface area (Å²) >= 11 is 0. The Balaban J connectivity index is 2.67. The summed E-state index contributed by atoms with van der Waals surface area (Å²) in [7, 11) is -3.00. The summed E-state index contributed by atoms with van der Waals surface area (Å²) in [6, 6.07) is 0.0534. The molecule has 0 aromatic heterocycles. The minimum atomic E-state index is -3.00. The van der Waals surface area contributed by atoms with Gasteiger partial charge in [-0.1, -0.05) is 13.3 Å². The van der Waals surface area contributed by atoms with Crippen molar-refractivity contribution in [3.63, 3.8) is 0 Å². The topological polar surface area (TPSA) is 86.6 Å². The number of rotatable bonds is 6. The van der Waals surface area contributed by atoms with Gasteiger partial charge in [0.05, 0.1) is 24.0 Å². The molecule has 6 heteroatoms. The molecule has 2 unspecified atom stereocenters.